The van der Waals surface area contributed by atoms with Crippen molar-refractivity contribution < 1.29 is 14.7 Å². The molecule has 0 radical (unpaired) electrons. The minimum absolute atomic E-state index is 0.414. The molecule has 0 aliphatic rings. The van der Waals surface area contributed by atoms with Crippen molar-refractivity contribution in [3.8, 4) is 0 Å². The number of thiophene rings is 1. The highest BCUT2D eigenvalue weighted by atomic mass is 32.1. The van der Waals surface area contributed by atoms with Gasteiger partial charge in [0.25, 0.3) is 0 Å². The summed E-state index contributed by atoms with van der Waals surface area (Å²) >= 11 is 1.62. The Hall–Kier alpha value is -1.56. The summed E-state index contributed by atoms with van der Waals surface area (Å²) in [5, 5.41) is 13.6. The van der Waals surface area contributed by atoms with E-state index in [2.05, 4.69) is 10.6 Å². The number of aliphatic carboxylic acids is 1. The van der Waals surface area contributed by atoms with Crippen LogP contribution in [0.1, 0.15) is 22.2 Å². The van der Waals surface area contributed by atoms with Gasteiger partial charge in [-0.2, -0.15) is 0 Å². The summed E-state index contributed by atoms with van der Waals surface area (Å²) in [6, 6.07) is 0.659. The molecule has 1 heterocycles. The third-order valence-electron chi connectivity index (χ3n) is 2.36. The quantitative estimate of drug-likeness (QED) is 0.766. The van der Waals surface area contributed by atoms with Gasteiger partial charge in [0.05, 0.1) is 6.54 Å². The fourth-order valence-corrected chi connectivity index (χ4v) is 2.21. The molecule has 5 nitrogen and oxygen atoms in total. The predicted octanol–water partition coefficient (Wildman–Crippen LogP) is 1.64. The first-order chi connectivity index (χ1) is 7.90. The maximum Gasteiger partial charge on any atom is 0.325 e. The molecule has 0 saturated carbocycles. The molecule has 94 valence electrons. The van der Waals surface area contributed by atoms with E-state index in [1.54, 1.807) is 11.3 Å². The van der Waals surface area contributed by atoms with Gasteiger partial charge >= 0.3 is 12.0 Å². The van der Waals surface area contributed by atoms with Crippen molar-refractivity contribution in [2.75, 3.05) is 0 Å². The number of nitrogens with one attached hydrogen (secondary N) is 2. The van der Waals surface area contributed by atoms with Crippen LogP contribution in [0.2, 0.25) is 0 Å². The number of hydrogen-bond acceptors (Lipinski definition) is 3. The van der Waals surface area contributed by atoms with Crippen LogP contribution in [-0.4, -0.2) is 23.1 Å². The lowest BCUT2D eigenvalue weighted by atomic mass is 10.3. The molecule has 0 fully saturated rings. The molecule has 0 aromatic carbocycles. The fourth-order valence-electron chi connectivity index (χ4n) is 1.21. The van der Waals surface area contributed by atoms with E-state index in [9.17, 15) is 9.59 Å². The Morgan fingerprint density at radius 1 is 1.47 bits per heavy atom. The largest absolute Gasteiger partial charge is 0.480 e. The van der Waals surface area contributed by atoms with E-state index >= 15 is 0 Å². The van der Waals surface area contributed by atoms with Crippen LogP contribution in [0.3, 0.4) is 0 Å². The van der Waals surface area contributed by atoms with E-state index in [1.807, 2.05) is 19.9 Å². The van der Waals surface area contributed by atoms with Gasteiger partial charge in [0.1, 0.15) is 6.04 Å². The molecular formula is C11H16N2O3S. The lowest BCUT2D eigenvalue weighted by molar-refractivity contribution is -0.138. The van der Waals surface area contributed by atoms with Crippen molar-refractivity contribution in [2.45, 2.75) is 33.4 Å². The zero-order valence-corrected chi connectivity index (χ0v) is 10.9. The topological polar surface area (TPSA) is 78.4 Å². The number of urea groups is 1. The van der Waals surface area contributed by atoms with E-state index in [4.69, 9.17) is 5.11 Å². The third-order valence-corrected chi connectivity index (χ3v) is 3.51. The highest BCUT2D eigenvalue weighted by Gasteiger charge is 2.13. The molecule has 0 aliphatic heterocycles. The van der Waals surface area contributed by atoms with E-state index < -0.39 is 18.0 Å². The SMILES string of the molecule is Cc1cc(CNC(=O)N[C@H](C)C(=O)O)sc1C. The van der Waals surface area contributed by atoms with Crippen molar-refractivity contribution >= 4 is 23.3 Å². The van der Waals surface area contributed by atoms with Gasteiger partial charge in [-0.3, -0.25) is 4.79 Å². The number of carbonyl (C=O) groups excluding carboxylic acids is 1. The van der Waals surface area contributed by atoms with Crippen molar-refractivity contribution in [1.29, 1.82) is 0 Å². The summed E-state index contributed by atoms with van der Waals surface area (Å²) in [5.74, 6) is -1.05. The Morgan fingerprint density at radius 2 is 2.12 bits per heavy atom. The minimum atomic E-state index is -1.05. The summed E-state index contributed by atoms with van der Waals surface area (Å²) in [6.07, 6.45) is 0. The number of carboxylic acid groups (broad SMARTS) is 1. The van der Waals surface area contributed by atoms with Crippen LogP contribution in [0.5, 0.6) is 0 Å². The van der Waals surface area contributed by atoms with Gasteiger partial charge in [-0.05, 0) is 32.4 Å². The highest BCUT2D eigenvalue weighted by molar-refractivity contribution is 7.12. The number of hydrogen-bond donors (Lipinski definition) is 3. The Kier molecular flexibility index (Phi) is 4.51. The molecule has 1 atom stereocenters. The minimum Gasteiger partial charge on any atom is -0.480 e. The second-order valence-electron chi connectivity index (χ2n) is 3.84. The second kappa shape index (κ2) is 5.67. The second-order valence-corrected chi connectivity index (χ2v) is 5.18. The fraction of sp³-hybridized carbons (Fsp3) is 0.455. The molecule has 6 heteroatoms. The Labute approximate surface area is 104 Å². The molecule has 1 rings (SSSR count). The first-order valence-electron chi connectivity index (χ1n) is 5.23. The number of aryl methyl sites for hydroxylation is 2. The van der Waals surface area contributed by atoms with Crippen molar-refractivity contribution in [1.82, 2.24) is 10.6 Å². The molecule has 0 unspecified atom stereocenters. The van der Waals surface area contributed by atoms with Crippen molar-refractivity contribution in [3.63, 3.8) is 0 Å². The number of carbonyl (C=O) groups is 2. The zero-order valence-electron chi connectivity index (χ0n) is 10.0. The van der Waals surface area contributed by atoms with Crippen LogP contribution in [0, 0.1) is 13.8 Å². The van der Waals surface area contributed by atoms with Gasteiger partial charge in [0.2, 0.25) is 0 Å². The molecule has 1 aromatic rings. The van der Waals surface area contributed by atoms with Crippen LogP contribution < -0.4 is 10.6 Å². The first kappa shape index (κ1) is 13.5. The molecule has 0 aliphatic carbocycles. The molecule has 17 heavy (non-hydrogen) atoms. The van der Waals surface area contributed by atoms with Gasteiger partial charge in [0.15, 0.2) is 0 Å². The highest BCUT2D eigenvalue weighted by Crippen LogP contribution is 2.20. The van der Waals surface area contributed by atoms with Crippen LogP contribution in [0.4, 0.5) is 4.79 Å². The van der Waals surface area contributed by atoms with E-state index in [0.29, 0.717) is 6.54 Å². The molecule has 1 aromatic heterocycles. The molecule has 0 bridgehead atoms. The van der Waals surface area contributed by atoms with E-state index in [0.717, 1.165) is 4.88 Å². The van der Waals surface area contributed by atoms with Crippen LogP contribution in [0.15, 0.2) is 6.07 Å². The smallest absolute Gasteiger partial charge is 0.325 e. The molecule has 0 saturated heterocycles. The van der Waals surface area contributed by atoms with E-state index in [1.165, 1.54) is 17.4 Å². The first-order valence-corrected chi connectivity index (χ1v) is 6.05. The average Bonchev–Trinajstić information content (AvgIpc) is 2.55. The van der Waals surface area contributed by atoms with Crippen LogP contribution in [0.25, 0.3) is 0 Å². The number of carboxylic acids is 1. The Morgan fingerprint density at radius 3 is 2.59 bits per heavy atom. The predicted molar refractivity (Wildman–Crippen MR) is 66.3 cm³/mol. The summed E-state index contributed by atoms with van der Waals surface area (Å²) in [6.45, 7) is 5.87. The Balaban J connectivity index is 2.40. The summed E-state index contributed by atoms with van der Waals surface area (Å²) in [5.41, 5.74) is 1.20. The third kappa shape index (κ3) is 4.07. The van der Waals surface area contributed by atoms with E-state index in [-0.39, 0.29) is 0 Å². The van der Waals surface area contributed by atoms with Gasteiger partial charge in [-0.1, -0.05) is 0 Å². The monoisotopic (exact) mass is 256 g/mol. The number of amides is 2. The van der Waals surface area contributed by atoms with Gasteiger partial charge in [-0.25, -0.2) is 4.79 Å². The van der Waals surface area contributed by atoms with Crippen molar-refractivity contribution in [3.05, 3.63) is 21.4 Å². The lowest BCUT2D eigenvalue weighted by Crippen LogP contribution is -2.43. The maximum absolute atomic E-state index is 11.3. The zero-order chi connectivity index (χ0) is 13.0. The summed E-state index contributed by atoms with van der Waals surface area (Å²) in [4.78, 5) is 24.1. The maximum atomic E-state index is 11.3. The standard InChI is InChI=1S/C11H16N2O3S/c1-6-4-9(17-8(6)3)5-12-11(16)13-7(2)10(14)15/h4,7H,5H2,1-3H3,(H,14,15)(H2,12,13,16)/t7-/m1/s1. The normalized spacial score (nSPS) is 11.9. The molecule has 0 spiro atoms. The van der Waals surface area contributed by atoms with Gasteiger partial charge in [0, 0.05) is 9.75 Å². The van der Waals surface area contributed by atoms with Crippen LogP contribution in [-0.2, 0) is 11.3 Å². The average molecular weight is 256 g/mol. The van der Waals surface area contributed by atoms with Gasteiger partial charge in [-0.15, -0.1) is 11.3 Å². The van der Waals surface area contributed by atoms with Gasteiger partial charge < -0.3 is 15.7 Å². The molecule has 3 N–H and O–H groups in total. The number of rotatable bonds is 4. The van der Waals surface area contributed by atoms with Crippen LogP contribution >= 0.6 is 11.3 Å². The molecular weight excluding hydrogens is 240 g/mol. The Bertz CT molecular complexity index is 409. The van der Waals surface area contributed by atoms with Crippen molar-refractivity contribution in [2.24, 2.45) is 0 Å². The lowest BCUT2D eigenvalue weighted by Gasteiger charge is -2.09. The summed E-state index contributed by atoms with van der Waals surface area (Å²) in [7, 11) is 0. The molecule has 2 amide bonds. The summed E-state index contributed by atoms with van der Waals surface area (Å²) < 4.78 is 0.